The van der Waals surface area contributed by atoms with Crippen LogP contribution in [0.5, 0.6) is 0 Å². The molecular formula is C14H23FNO16P3. The van der Waals surface area contributed by atoms with E-state index >= 15 is 0 Å². The minimum absolute atomic E-state index is 0.0557. The van der Waals surface area contributed by atoms with Crippen molar-refractivity contribution in [3.05, 3.63) is 46.6 Å². The molecule has 11 N–H and O–H groups in total. The molecule has 1 aromatic carbocycles. The normalized spacial score (nSPS) is 22.2. The Labute approximate surface area is 194 Å². The first-order valence-corrected chi connectivity index (χ1v) is 13.4. The molecule has 3 rings (SSSR count). The van der Waals surface area contributed by atoms with Gasteiger partial charge in [0.1, 0.15) is 18.0 Å². The van der Waals surface area contributed by atoms with Gasteiger partial charge in [-0.05, 0) is 24.4 Å². The number of halogens is 1. The summed E-state index contributed by atoms with van der Waals surface area (Å²) < 4.78 is 46.9. The van der Waals surface area contributed by atoms with E-state index in [2.05, 4.69) is 0 Å². The van der Waals surface area contributed by atoms with E-state index in [1.807, 2.05) is 0 Å². The number of benzene rings is 1. The fraction of sp³-hybridized carbons (Fsp3) is 0.357. The van der Waals surface area contributed by atoms with Gasteiger partial charge in [0.25, 0.3) is 5.56 Å². The topological polar surface area (TPSA) is 305 Å². The number of pyridine rings is 1. The maximum Gasteiger partial charge on any atom is 0.466 e. The molecule has 21 heteroatoms. The van der Waals surface area contributed by atoms with E-state index in [0.717, 1.165) is 4.57 Å². The minimum Gasteiger partial charge on any atom is -0.388 e. The van der Waals surface area contributed by atoms with Gasteiger partial charge >= 0.3 is 23.5 Å². The Balaban J connectivity index is 0.000000635. The molecule has 0 bridgehead atoms. The summed E-state index contributed by atoms with van der Waals surface area (Å²) >= 11 is 0. The van der Waals surface area contributed by atoms with Gasteiger partial charge in [0.15, 0.2) is 6.23 Å². The highest BCUT2D eigenvalue weighted by atomic mass is 31.2. The molecule has 1 fully saturated rings. The molecule has 0 spiro atoms. The molecule has 35 heavy (non-hydrogen) atoms. The summed E-state index contributed by atoms with van der Waals surface area (Å²) in [6.07, 6.45) is -2.49. The van der Waals surface area contributed by atoms with Crippen LogP contribution in [0.25, 0.3) is 10.8 Å². The van der Waals surface area contributed by atoms with E-state index < -0.39 is 59.4 Å². The highest BCUT2D eigenvalue weighted by Gasteiger charge is 2.41. The average Bonchev–Trinajstić information content (AvgIpc) is 2.85. The Hall–Kier alpha value is -1.43. The third-order valence-electron chi connectivity index (χ3n) is 3.66. The fourth-order valence-corrected chi connectivity index (χ4v) is 2.52. The maximum atomic E-state index is 13.8. The molecule has 1 aliphatic heterocycles. The van der Waals surface area contributed by atoms with E-state index in [9.17, 15) is 19.4 Å². The summed E-state index contributed by atoms with van der Waals surface area (Å²) in [6.45, 7) is 1.60. The minimum atomic E-state index is -4.64. The summed E-state index contributed by atoms with van der Waals surface area (Å²) in [5.74, 6) is -0.622. The molecule has 4 unspecified atom stereocenters. The molecule has 2 aromatic rings. The van der Waals surface area contributed by atoms with Gasteiger partial charge in [0.05, 0.1) is 11.5 Å². The first kappa shape index (κ1) is 33.6. The lowest BCUT2D eigenvalue weighted by molar-refractivity contribution is -0.0339. The molecule has 0 aliphatic carbocycles. The van der Waals surface area contributed by atoms with Crippen LogP contribution in [0.3, 0.4) is 0 Å². The largest absolute Gasteiger partial charge is 0.466 e. The molecular weight excluding hydrogens is 550 g/mol. The Morgan fingerprint density at radius 2 is 1.26 bits per heavy atom. The van der Waals surface area contributed by atoms with Crippen molar-refractivity contribution in [2.45, 2.75) is 31.5 Å². The summed E-state index contributed by atoms with van der Waals surface area (Å²) in [5, 5.41) is 20.0. The third-order valence-corrected chi connectivity index (χ3v) is 3.66. The van der Waals surface area contributed by atoms with Crippen molar-refractivity contribution in [2.75, 3.05) is 0 Å². The van der Waals surface area contributed by atoms with Crippen molar-refractivity contribution in [2.24, 2.45) is 0 Å². The molecule has 4 atom stereocenters. The van der Waals surface area contributed by atoms with Gasteiger partial charge in [-0.3, -0.25) is 9.36 Å². The quantitative estimate of drug-likeness (QED) is 0.164. The van der Waals surface area contributed by atoms with Crippen LogP contribution >= 0.6 is 23.5 Å². The average molecular weight is 573 g/mol. The zero-order valence-corrected chi connectivity index (χ0v) is 20.0. The van der Waals surface area contributed by atoms with Crippen molar-refractivity contribution < 1.29 is 77.1 Å². The van der Waals surface area contributed by atoms with Gasteiger partial charge in [-0.15, -0.1) is 0 Å². The van der Waals surface area contributed by atoms with Crippen LogP contribution in [0.2, 0.25) is 0 Å². The van der Waals surface area contributed by atoms with Gasteiger partial charge in [0.2, 0.25) is 0 Å². The fourth-order valence-electron chi connectivity index (χ4n) is 2.52. The number of ether oxygens (including phenoxy) is 1. The van der Waals surface area contributed by atoms with Gasteiger partial charge in [-0.25, -0.2) is 18.1 Å². The molecule has 0 amide bonds. The van der Waals surface area contributed by atoms with E-state index in [1.54, 1.807) is 19.1 Å². The predicted molar refractivity (Wildman–Crippen MR) is 113 cm³/mol. The molecule has 1 aliphatic rings. The monoisotopic (exact) mass is 573 g/mol. The van der Waals surface area contributed by atoms with Crippen LogP contribution in [-0.4, -0.2) is 77.1 Å². The first-order chi connectivity index (χ1) is 15.5. The van der Waals surface area contributed by atoms with E-state index in [4.69, 9.17) is 62.5 Å². The van der Waals surface area contributed by atoms with Gasteiger partial charge in [-0.2, -0.15) is 0 Å². The van der Waals surface area contributed by atoms with Crippen molar-refractivity contribution in [3.8, 4) is 0 Å². The zero-order chi connectivity index (χ0) is 27.9. The maximum absolute atomic E-state index is 13.8. The SMILES string of the molecule is CC1OC(n2ccc3cccc(F)c3c2=O)C(O)C1O.O=P(O)(O)O.O=P(O)(O)O.O=P(O)(O)O. The number of rotatable bonds is 1. The summed E-state index contributed by atoms with van der Waals surface area (Å²) in [7, 11) is -13.9. The number of hydrogen-bond acceptors (Lipinski definition) is 7. The Kier molecular flexibility index (Phi) is 12.7. The molecule has 0 saturated carbocycles. The second-order valence-electron chi connectivity index (χ2n) is 6.49. The predicted octanol–water partition coefficient (Wildman–Crippen LogP) is -2.01. The molecule has 17 nitrogen and oxygen atoms in total. The van der Waals surface area contributed by atoms with Crippen LogP contribution in [0.15, 0.2) is 35.3 Å². The summed E-state index contributed by atoms with van der Waals surface area (Å²) in [6, 6.07) is 5.94. The smallest absolute Gasteiger partial charge is 0.388 e. The number of phosphoric acid groups is 3. The number of aromatic nitrogens is 1. The Morgan fingerprint density at radius 1 is 0.829 bits per heavy atom. The third kappa shape index (κ3) is 14.7. The van der Waals surface area contributed by atoms with Gasteiger partial charge in [0, 0.05) is 6.20 Å². The van der Waals surface area contributed by atoms with Crippen LogP contribution in [0, 0.1) is 5.82 Å². The van der Waals surface area contributed by atoms with E-state index in [0.29, 0.717) is 5.39 Å². The van der Waals surface area contributed by atoms with E-state index in [-0.39, 0.29) is 5.39 Å². The van der Waals surface area contributed by atoms with Gasteiger partial charge in [-0.1, -0.05) is 12.1 Å². The van der Waals surface area contributed by atoms with Crippen molar-refractivity contribution in [3.63, 3.8) is 0 Å². The van der Waals surface area contributed by atoms with Crippen LogP contribution in [0.4, 0.5) is 4.39 Å². The lowest BCUT2D eigenvalue weighted by atomic mass is 10.1. The second kappa shape index (κ2) is 13.2. The lowest BCUT2D eigenvalue weighted by Gasteiger charge is -2.18. The molecule has 1 saturated heterocycles. The van der Waals surface area contributed by atoms with Crippen LogP contribution < -0.4 is 5.56 Å². The highest BCUT2D eigenvalue weighted by molar-refractivity contribution is 7.45. The Morgan fingerprint density at radius 3 is 1.63 bits per heavy atom. The zero-order valence-electron chi connectivity index (χ0n) is 17.3. The van der Waals surface area contributed by atoms with Crippen LogP contribution in [-0.2, 0) is 18.4 Å². The standard InChI is InChI=1S/C14H14FNO4.3H3O4P/c1-7-11(17)12(18)14(20-7)16-6-5-8-3-2-4-9(15)10(8)13(16)19;3*1-5(2,3)4/h2-7,11-12,14,17-18H,1H3;3*(H3,1,2,3,4). The Bertz CT molecular complexity index is 1100. The first-order valence-electron chi connectivity index (χ1n) is 8.66. The number of hydrogen-bond donors (Lipinski definition) is 11. The van der Waals surface area contributed by atoms with Gasteiger partial charge < -0.3 is 59.0 Å². The van der Waals surface area contributed by atoms with Crippen molar-refractivity contribution in [1.29, 1.82) is 0 Å². The second-order valence-corrected chi connectivity index (χ2v) is 9.56. The highest BCUT2D eigenvalue weighted by Crippen LogP contribution is 2.29. The lowest BCUT2D eigenvalue weighted by Crippen LogP contribution is -2.34. The molecule has 202 valence electrons. The van der Waals surface area contributed by atoms with E-state index in [1.165, 1.54) is 18.3 Å². The molecule has 0 radical (unpaired) electrons. The summed E-state index contributed by atoms with van der Waals surface area (Å²) in [5.41, 5.74) is -0.592. The molecule has 1 aromatic heterocycles. The van der Waals surface area contributed by atoms with Crippen molar-refractivity contribution >= 4 is 34.2 Å². The summed E-state index contributed by atoms with van der Waals surface area (Å²) in [4.78, 5) is 77.0. The number of aliphatic hydroxyl groups excluding tert-OH is 2. The number of aliphatic hydroxyl groups is 2. The molecule has 2 heterocycles. The number of fused-ring (bicyclic) bond motifs is 1. The number of nitrogens with zero attached hydrogens (tertiary/aromatic N) is 1. The van der Waals surface area contributed by atoms with Crippen molar-refractivity contribution in [1.82, 2.24) is 4.57 Å². The van der Waals surface area contributed by atoms with Crippen LogP contribution in [0.1, 0.15) is 13.2 Å².